The topological polar surface area (TPSA) is 370 Å². The Bertz CT molecular complexity index is 5100. The molecule has 0 aromatic carbocycles. The highest BCUT2D eigenvalue weighted by Gasteiger charge is 2.77. The van der Waals surface area contributed by atoms with Gasteiger partial charge in [-0.3, -0.25) is 28.8 Å². The summed E-state index contributed by atoms with van der Waals surface area (Å²) in [5.41, 5.74) is 4.97. The standard InChI is InChI=1S/C31H36N2O5S2.C27H30ClN3O4S.C27H33N5O4S/c1-4-6-25-37-24-14-20-19-9-8-17-13-18(34)10-11-29(17,2)26(19)22(35)15-30(20,3)31(24,38-25)23(36)16-39-28-33-21-7-5-12-32-27(21)40-28;1-25-7-5-16(32)9-14(25)3-4-17-18-6-8-27(35,26(18,2)11-20(33)22(17)25)21(34)13-36-24-30-19-10-15(28)12-29-23(19)31-24;1-13-8-17-16-5-4-14-9-15(33)6-7-25(14,2)20(16)18(34)10-26(17,3)27(13,36)19(35)11-37-24-31-21-22(28)29-12-30-23(21)32-24/h5,7,10-13,19-20,22,24-26,35H,4,6,8-9,14-16H2,1-3H3;5,7,9-10,12,17-18,20,22,33,35H,3-4,6,8,11,13H2,1-2H3,(H,29,30,31);6-7,9,12-13,16-18,20,34,36H,4-5,8,10-11H2,1-3H3,(H3,28,29,30,31,32)/t19?,20?,22-,24+,25?,26?,29?,30?,31+;17?,18?,20-,22?,25?,26?,27-;13-,16?,17?,18+,20?,25?,26?,27+/m001/s1. The molecule has 0 bridgehead atoms. The highest BCUT2D eigenvalue weighted by atomic mass is 35.5. The second-order valence-corrected chi connectivity index (χ2v) is 40.4. The first-order valence-electron chi connectivity index (χ1n) is 40.1. The molecule has 16 unspecified atom stereocenters. The second kappa shape index (κ2) is 28.7. The molecule has 7 heterocycles. The number of nitrogens with zero attached hydrogens (tertiary/aromatic N) is 7. The summed E-state index contributed by atoms with van der Waals surface area (Å²) in [6.45, 7) is 16.6. The van der Waals surface area contributed by atoms with Gasteiger partial charge in [0.05, 0.1) is 52.2 Å². The number of rotatable bonds is 14. The van der Waals surface area contributed by atoms with Gasteiger partial charge in [-0.15, -0.1) is 0 Å². The number of aliphatic hydroxyl groups excluding tert-OH is 3. The Morgan fingerprint density at radius 3 is 1.80 bits per heavy atom. The van der Waals surface area contributed by atoms with Gasteiger partial charge in [-0.1, -0.05) is 155 Å². The number of aromatic amines is 2. The molecular weight excluding hydrogens is 1530 g/mol. The molecule has 19 rings (SSSR count). The number of thioether (sulfide) groups is 3. The number of aromatic nitrogens is 9. The summed E-state index contributed by atoms with van der Waals surface area (Å²) in [6.07, 6.45) is 28.6. The Kier molecular flexibility index (Phi) is 20.1. The maximum atomic E-state index is 14.4. The summed E-state index contributed by atoms with van der Waals surface area (Å²) in [4.78, 5) is 115. The number of ether oxygens (including phenoxy) is 2. The molecule has 9 N–H and O–H groups in total. The number of halogens is 1. The first kappa shape index (κ1) is 79.0. The lowest BCUT2D eigenvalue weighted by Gasteiger charge is -2.59. The molecule has 12 aliphatic carbocycles. The third-order valence-electron chi connectivity index (χ3n) is 30.6. The summed E-state index contributed by atoms with van der Waals surface area (Å²) in [7, 11) is 0. The number of allylic oxidation sites excluding steroid dienone is 12. The molecule has 10 fully saturated rings. The quantitative estimate of drug-likeness (QED) is 0.0470. The van der Waals surface area contributed by atoms with Gasteiger partial charge in [0.1, 0.15) is 33.4 Å². The van der Waals surface area contributed by atoms with Gasteiger partial charge < -0.3 is 50.7 Å². The van der Waals surface area contributed by atoms with Gasteiger partial charge in [0.15, 0.2) is 78.4 Å². The Hall–Kier alpha value is -6.47. The lowest BCUT2D eigenvalue weighted by molar-refractivity contribution is -0.197. The van der Waals surface area contributed by atoms with Gasteiger partial charge in [0.2, 0.25) is 0 Å². The number of ketones is 6. The molecule has 28 heteroatoms. The monoisotopic (exact) mass is 1630 g/mol. The van der Waals surface area contributed by atoms with Gasteiger partial charge >= 0.3 is 0 Å². The summed E-state index contributed by atoms with van der Waals surface area (Å²) < 4.78 is 14.1. The Balaban J connectivity index is 0.000000123. The minimum Gasteiger partial charge on any atom is -0.393 e. The van der Waals surface area contributed by atoms with Crippen LogP contribution in [0.2, 0.25) is 5.02 Å². The van der Waals surface area contributed by atoms with Crippen LogP contribution in [0.1, 0.15) is 152 Å². The third-order valence-corrected chi connectivity index (χ3v) is 34.6. The number of aliphatic hydroxyl groups is 5. The summed E-state index contributed by atoms with van der Waals surface area (Å²) >= 11 is 11.4. The van der Waals surface area contributed by atoms with Crippen LogP contribution in [0, 0.1) is 91.7 Å². The predicted octanol–water partition coefficient (Wildman–Crippen LogP) is 12.7. The van der Waals surface area contributed by atoms with Crippen LogP contribution in [-0.4, -0.2) is 170 Å². The maximum absolute atomic E-state index is 14.4. The van der Waals surface area contributed by atoms with Crippen LogP contribution in [-0.2, 0) is 38.2 Å². The average molecular weight is 1630 g/mol. The number of hydrogen-bond acceptors (Lipinski definition) is 25. The van der Waals surface area contributed by atoms with Crippen molar-refractivity contribution >= 4 is 131 Å². The fourth-order valence-corrected chi connectivity index (χ4v) is 29.1. The Morgan fingerprint density at radius 1 is 0.655 bits per heavy atom. The molecule has 23 nitrogen and oxygen atoms in total. The zero-order valence-corrected chi connectivity index (χ0v) is 68.8. The number of anilines is 1. The molecule has 1 saturated heterocycles. The van der Waals surface area contributed by atoms with E-state index < -0.39 is 57.7 Å². The highest BCUT2D eigenvalue weighted by molar-refractivity contribution is 8.01. The number of nitrogens with one attached hydrogen (secondary N) is 2. The molecule has 0 spiro atoms. The number of hydrogen-bond donors (Lipinski definition) is 8. The number of nitrogen functional groups attached to an aromatic ring is 1. The fourth-order valence-electron chi connectivity index (χ4n) is 25.4. The Morgan fingerprint density at radius 2 is 1.20 bits per heavy atom. The van der Waals surface area contributed by atoms with Crippen LogP contribution in [0.3, 0.4) is 0 Å². The largest absolute Gasteiger partial charge is 0.393 e. The van der Waals surface area contributed by atoms with E-state index in [0.717, 1.165) is 102 Å². The predicted molar refractivity (Wildman–Crippen MR) is 431 cm³/mol. The molecule has 24 atom stereocenters. The number of carbonyl (C=O) groups excluding carboxylic acids is 6. The molecule has 6 aromatic heterocycles. The normalized spacial score (nSPS) is 40.7. The molecule has 1 aliphatic heterocycles. The van der Waals surface area contributed by atoms with E-state index in [9.17, 15) is 54.3 Å². The first-order chi connectivity index (χ1) is 53.7. The number of thiazole rings is 1. The van der Waals surface area contributed by atoms with Crippen LogP contribution in [0.5, 0.6) is 0 Å². The van der Waals surface area contributed by atoms with Crippen LogP contribution in [0.4, 0.5) is 5.82 Å². The molecule has 9 saturated carbocycles. The molecule has 598 valence electrons. The number of Topliss-reactive ketones (excluding diaryl/α,β-unsaturated/α-hetero) is 3. The molecule has 13 aliphatic rings. The van der Waals surface area contributed by atoms with Gasteiger partial charge in [-0.2, -0.15) is 0 Å². The number of imidazole rings is 2. The van der Waals surface area contributed by atoms with Crippen molar-refractivity contribution in [2.24, 2.45) is 91.7 Å². The van der Waals surface area contributed by atoms with E-state index in [1.54, 1.807) is 48.7 Å². The van der Waals surface area contributed by atoms with Crippen LogP contribution in [0.15, 0.2) is 123 Å². The van der Waals surface area contributed by atoms with Gasteiger partial charge in [-0.05, 0) is 186 Å². The number of carbonyl (C=O) groups is 6. The summed E-state index contributed by atoms with van der Waals surface area (Å²) in [5, 5.41) is 60.6. The van der Waals surface area contributed by atoms with E-state index in [4.69, 9.17) is 26.8 Å². The van der Waals surface area contributed by atoms with Crippen LogP contribution in [0.25, 0.3) is 32.7 Å². The number of fused-ring (bicyclic) bond motifs is 20. The minimum absolute atomic E-state index is 0.00281. The highest BCUT2D eigenvalue weighted by Crippen LogP contribution is 2.73. The zero-order valence-electron chi connectivity index (χ0n) is 64.8. The lowest BCUT2D eigenvalue weighted by Crippen LogP contribution is -2.63. The smallest absolute Gasteiger partial charge is 0.183 e. The fraction of sp³-hybridized carbons (Fsp3) is 0.588. The molecular formula is C85H99ClN10O13S4. The van der Waals surface area contributed by atoms with E-state index >= 15 is 0 Å². The van der Waals surface area contributed by atoms with Crippen molar-refractivity contribution in [3.05, 3.63) is 113 Å². The average Bonchev–Trinajstić information content (AvgIpc) is 1.54. The molecule has 113 heavy (non-hydrogen) atoms. The lowest BCUT2D eigenvalue weighted by atomic mass is 9.46. The molecule has 0 amide bonds. The van der Waals surface area contributed by atoms with Crippen LogP contribution < -0.4 is 5.73 Å². The number of pyridine rings is 2. The maximum Gasteiger partial charge on any atom is 0.183 e. The van der Waals surface area contributed by atoms with Crippen molar-refractivity contribution in [2.45, 2.75) is 214 Å². The van der Waals surface area contributed by atoms with E-state index in [-0.39, 0.29) is 139 Å². The van der Waals surface area contributed by atoms with Crippen LogP contribution >= 0.6 is 58.2 Å². The minimum atomic E-state index is -1.56. The number of H-pyrrole nitrogens is 2. The zero-order chi connectivity index (χ0) is 79.6. The van der Waals surface area contributed by atoms with Gasteiger partial charge in [0, 0.05) is 62.6 Å². The molecule has 6 aromatic rings. The van der Waals surface area contributed by atoms with Crippen molar-refractivity contribution in [1.82, 2.24) is 44.9 Å². The summed E-state index contributed by atoms with van der Waals surface area (Å²) in [5.74, 6) is 0.897. The van der Waals surface area contributed by atoms with E-state index in [0.29, 0.717) is 63.3 Å². The second-order valence-electron chi connectivity index (χ2n) is 35.9. The van der Waals surface area contributed by atoms with Crippen molar-refractivity contribution in [1.29, 1.82) is 0 Å². The van der Waals surface area contributed by atoms with E-state index in [1.807, 2.05) is 51.1 Å². The van der Waals surface area contributed by atoms with Gasteiger partial charge in [0.25, 0.3) is 0 Å². The number of nitrogens with two attached hydrogens (primary N) is 1. The summed E-state index contributed by atoms with van der Waals surface area (Å²) in [6, 6.07) is 5.55. The SMILES string of the molecule is CC12C=CC(=O)C=C1CCC1C2[C@@H](O)CC2(C)C1CC[C@]2(O)C(=O)CSc1nc2ncc(Cl)cc2[nH]1.CCCC1O[C@@H]2CC3C4CCC5=CC(=O)C=CC5(C)C4[C@@H](O)CC3(C)[C@]2(C(=O)CSc2nc3cccnc3s2)O1.C[C@@H]1CC2C3CCC4=CC(=O)C=CC4(C)C3[C@@H](O)CC2(C)[C@@]1(O)C(=O)CSc1nc2ncnc(N)c2[nH]1. The van der Waals surface area contributed by atoms with Crippen molar-refractivity contribution < 1.29 is 63.8 Å². The Labute approximate surface area is 677 Å². The van der Waals surface area contributed by atoms with E-state index in [2.05, 4.69) is 79.5 Å². The van der Waals surface area contributed by atoms with Gasteiger partial charge in [-0.25, -0.2) is 34.9 Å². The molecule has 0 radical (unpaired) electrons. The van der Waals surface area contributed by atoms with Crippen molar-refractivity contribution in [2.75, 3.05) is 23.0 Å². The van der Waals surface area contributed by atoms with Crippen molar-refractivity contribution in [3.63, 3.8) is 0 Å². The third kappa shape index (κ3) is 12.3. The van der Waals surface area contributed by atoms with E-state index in [1.165, 1.54) is 59.1 Å². The van der Waals surface area contributed by atoms with Crippen molar-refractivity contribution in [3.8, 4) is 0 Å². The first-order valence-corrected chi connectivity index (χ1v) is 44.2.